The van der Waals surface area contributed by atoms with Crippen molar-refractivity contribution in [3.63, 3.8) is 0 Å². The second-order valence-electron chi connectivity index (χ2n) is 5.43. The number of carbonyl (C=O) groups is 1. The smallest absolute Gasteiger partial charge is 0.230 e. The van der Waals surface area contributed by atoms with Gasteiger partial charge < -0.3 is 11.1 Å². The molecule has 1 rings (SSSR count). The van der Waals surface area contributed by atoms with Crippen LogP contribution < -0.4 is 11.1 Å². The number of rotatable bonds is 7. The van der Waals surface area contributed by atoms with Gasteiger partial charge in [-0.2, -0.15) is 0 Å². The van der Waals surface area contributed by atoms with Crippen molar-refractivity contribution in [2.45, 2.75) is 45.4 Å². The van der Waals surface area contributed by atoms with Crippen LogP contribution in [0.2, 0.25) is 0 Å². The lowest BCUT2D eigenvalue weighted by Gasteiger charge is -2.24. The number of benzene rings is 1. The van der Waals surface area contributed by atoms with Gasteiger partial charge in [-0.1, -0.05) is 31.2 Å². The van der Waals surface area contributed by atoms with E-state index in [0.29, 0.717) is 13.1 Å². The van der Waals surface area contributed by atoms with Crippen LogP contribution >= 0.6 is 12.4 Å². The Morgan fingerprint density at radius 1 is 1.20 bits per heavy atom. The summed E-state index contributed by atoms with van der Waals surface area (Å²) in [5, 5.41) is 2.99. The number of amides is 1. The van der Waals surface area contributed by atoms with E-state index in [0.717, 1.165) is 24.8 Å². The molecule has 0 bridgehead atoms. The number of carbonyl (C=O) groups excluding carboxylic acids is 1. The molecule has 0 saturated heterocycles. The Morgan fingerprint density at radius 3 is 2.30 bits per heavy atom. The minimum absolute atomic E-state index is 0. The molecule has 0 aromatic heterocycles. The molecule has 1 aromatic rings. The van der Waals surface area contributed by atoms with E-state index in [9.17, 15) is 4.79 Å². The average Bonchev–Trinajstić information content (AvgIpc) is 2.43. The highest BCUT2D eigenvalue weighted by molar-refractivity contribution is 5.87. The number of nitrogens with one attached hydrogen (secondary N) is 1. The van der Waals surface area contributed by atoms with Crippen molar-refractivity contribution in [2.75, 3.05) is 13.1 Å². The minimum atomic E-state index is -0.491. The number of halogens is 1. The summed E-state index contributed by atoms with van der Waals surface area (Å²) in [7, 11) is 0. The lowest BCUT2D eigenvalue weighted by molar-refractivity contribution is -0.125. The van der Waals surface area contributed by atoms with Crippen molar-refractivity contribution >= 4 is 18.3 Å². The summed E-state index contributed by atoms with van der Waals surface area (Å²) in [5.41, 5.74) is 7.30. The number of hydrogen-bond acceptors (Lipinski definition) is 2. The van der Waals surface area contributed by atoms with Crippen LogP contribution in [-0.4, -0.2) is 19.0 Å². The third-order valence-corrected chi connectivity index (χ3v) is 3.57. The zero-order valence-electron chi connectivity index (χ0n) is 12.7. The molecule has 0 saturated carbocycles. The summed E-state index contributed by atoms with van der Waals surface area (Å²) in [5.74, 6) is 0.0776. The Balaban J connectivity index is 0.00000361. The molecular formula is C16H27ClN2O. The molecule has 0 spiro atoms. The van der Waals surface area contributed by atoms with E-state index in [-0.39, 0.29) is 18.3 Å². The molecule has 114 valence electrons. The summed E-state index contributed by atoms with van der Waals surface area (Å²) in [6.07, 6.45) is 2.91. The SMILES string of the molecule is CCc1ccc(C(C)(C)C(=O)NCCCCN)cc1.Cl. The van der Waals surface area contributed by atoms with Gasteiger partial charge in [0.25, 0.3) is 0 Å². The molecule has 20 heavy (non-hydrogen) atoms. The molecule has 3 N–H and O–H groups in total. The van der Waals surface area contributed by atoms with Gasteiger partial charge in [0.2, 0.25) is 5.91 Å². The van der Waals surface area contributed by atoms with E-state index in [2.05, 4.69) is 36.5 Å². The average molecular weight is 299 g/mol. The molecule has 0 atom stereocenters. The maximum atomic E-state index is 12.2. The van der Waals surface area contributed by atoms with Crippen molar-refractivity contribution < 1.29 is 4.79 Å². The van der Waals surface area contributed by atoms with E-state index in [1.54, 1.807) is 0 Å². The number of unbranched alkanes of at least 4 members (excludes halogenated alkanes) is 1. The third kappa shape index (κ3) is 5.14. The molecule has 3 nitrogen and oxygen atoms in total. The Hall–Kier alpha value is -1.06. The van der Waals surface area contributed by atoms with Gasteiger partial charge in [0.15, 0.2) is 0 Å². The van der Waals surface area contributed by atoms with Crippen molar-refractivity contribution in [2.24, 2.45) is 5.73 Å². The van der Waals surface area contributed by atoms with Crippen LogP contribution in [0.3, 0.4) is 0 Å². The van der Waals surface area contributed by atoms with Crippen LogP contribution in [0.15, 0.2) is 24.3 Å². The maximum Gasteiger partial charge on any atom is 0.230 e. The first-order valence-corrected chi connectivity index (χ1v) is 7.10. The highest BCUT2D eigenvalue weighted by atomic mass is 35.5. The molecule has 1 amide bonds. The van der Waals surface area contributed by atoms with E-state index in [4.69, 9.17) is 5.73 Å². The molecule has 0 radical (unpaired) electrons. The van der Waals surface area contributed by atoms with E-state index < -0.39 is 5.41 Å². The summed E-state index contributed by atoms with van der Waals surface area (Å²) in [6, 6.07) is 8.30. The fourth-order valence-corrected chi connectivity index (χ4v) is 1.98. The van der Waals surface area contributed by atoms with Crippen LogP contribution in [-0.2, 0) is 16.6 Å². The van der Waals surface area contributed by atoms with Crippen molar-refractivity contribution in [3.8, 4) is 0 Å². The Labute approximate surface area is 128 Å². The third-order valence-electron chi connectivity index (χ3n) is 3.57. The predicted molar refractivity (Wildman–Crippen MR) is 87.4 cm³/mol. The van der Waals surface area contributed by atoms with Crippen LogP contribution in [0.1, 0.15) is 44.7 Å². The normalized spacial score (nSPS) is 10.8. The molecule has 0 unspecified atom stereocenters. The summed E-state index contributed by atoms with van der Waals surface area (Å²) in [4.78, 5) is 12.2. The van der Waals surface area contributed by atoms with Crippen molar-refractivity contribution in [1.82, 2.24) is 5.32 Å². The summed E-state index contributed by atoms with van der Waals surface area (Å²) in [6.45, 7) is 7.44. The quantitative estimate of drug-likeness (QED) is 0.761. The second-order valence-corrected chi connectivity index (χ2v) is 5.43. The Bertz CT molecular complexity index is 401. The van der Waals surface area contributed by atoms with Gasteiger partial charge in [0.05, 0.1) is 5.41 Å². The molecule has 0 fully saturated rings. The Morgan fingerprint density at radius 2 is 1.80 bits per heavy atom. The van der Waals surface area contributed by atoms with Gasteiger partial charge >= 0.3 is 0 Å². The van der Waals surface area contributed by atoms with E-state index >= 15 is 0 Å². The van der Waals surface area contributed by atoms with Gasteiger partial charge in [-0.25, -0.2) is 0 Å². The molecule has 0 aliphatic carbocycles. The zero-order valence-corrected chi connectivity index (χ0v) is 13.6. The molecule has 4 heteroatoms. The Kier molecular flexibility index (Phi) is 8.51. The molecule has 1 aromatic carbocycles. The van der Waals surface area contributed by atoms with Gasteiger partial charge in [0.1, 0.15) is 0 Å². The second kappa shape index (κ2) is 8.98. The van der Waals surface area contributed by atoms with Gasteiger partial charge in [0, 0.05) is 6.54 Å². The maximum absolute atomic E-state index is 12.2. The number of aryl methyl sites for hydroxylation is 1. The van der Waals surface area contributed by atoms with Crippen LogP contribution in [0.5, 0.6) is 0 Å². The number of hydrogen-bond donors (Lipinski definition) is 2. The van der Waals surface area contributed by atoms with Crippen molar-refractivity contribution in [3.05, 3.63) is 35.4 Å². The summed E-state index contributed by atoms with van der Waals surface area (Å²) >= 11 is 0. The minimum Gasteiger partial charge on any atom is -0.355 e. The number of nitrogens with two attached hydrogens (primary N) is 1. The zero-order chi connectivity index (χ0) is 14.3. The van der Waals surface area contributed by atoms with Crippen molar-refractivity contribution in [1.29, 1.82) is 0 Å². The predicted octanol–water partition coefficient (Wildman–Crippen LogP) is 2.80. The highest BCUT2D eigenvalue weighted by Crippen LogP contribution is 2.23. The van der Waals surface area contributed by atoms with E-state index in [1.165, 1.54) is 5.56 Å². The molecule has 0 aliphatic rings. The summed E-state index contributed by atoms with van der Waals surface area (Å²) < 4.78 is 0. The van der Waals surface area contributed by atoms with Crippen LogP contribution in [0, 0.1) is 0 Å². The van der Waals surface area contributed by atoms with Gasteiger partial charge in [-0.05, 0) is 50.8 Å². The first-order chi connectivity index (χ1) is 9.02. The largest absolute Gasteiger partial charge is 0.355 e. The monoisotopic (exact) mass is 298 g/mol. The van der Waals surface area contributed by atoms with Crippen LogP contribution in [0.4, 0.5) is 0 Å². The van der Waals surface area contributed by atoms with Crippen LogP contribution in [0.25, 0.3) is 0 Å². The first kappa shape index (κ1) is 18.9. The topological polar surface area (TPSA) is 55.1 Å². The van der Waals surface area contributed by atoms with Gasteiger partial charge in [-0.3, -0.25) is 4.79 Å². The highest BCUT2D eigenvalue weighted by Gasteiger charge is 2.29. The lowest BCUT2D eigenvalue weighted by atomic mass is 9.83. The lowest BCUT2D eigenvalue weighted by Crippen LogP contribution is -2.40. The molecule has 0 heterocycles. The van der Waals surface area contributed by atoms with Gasteiger partial charge in [-0.15, -0.1) is 12.4 Å². The standard InChI is InChI=1S/C16H26N2O.ClH/c1-4-13-7-9-14(10-8-13)16(2,3)15(19)18-12-6-5-11-17;/h7-10H,4-6,11-12,17H2,1-3H3,(H,18,19);1H. The fraction of sp³-hybridized carbons (Fsp3) is 0.562. The fourth-order valence-electron chi connectivity index (χ4n) is 1.98. The van der Waals surface area contributed by atoms with E-state index in [1.807, 2.05) is 13.8 Å². The molecular weight excluding hydrogens is 272 g/mol. The first-order valence-electron chi connectivity index (χ1n) is 7.10. The molecule has 0 aliphatic heterocycles.